The minimum atomic E-state index is -0.250. The molecular weight excluding hydrogens is 244 g/mol. The van der Waals surface area contributed by atoms with Crippen LogP contribution in [0.5, 0.6) is 0 Å². The van der Waals surface area contributed by atoms with Crippen molar-refractivity contribution >= 4 is 23.2 Å². The van der Waals surface area contributed by atoms with Crippen molar-refractivity contribution in [3.8, 4) is 11.1 Å². The molecule has 0 radical (unpaired) electrons. The third kappa shape index (κ3) is 2.68. The second-order valence-electron chi connectivity index (χ2n) is 3.71. The summed E-state index contributed by atoms with van der Waals surface area (Å²) < 4.78 is 0. The maximum Gasteiger partial charge on any atom is 0.290 e. The van der Waals surface area contributed by atoms with Crippen LogP contribution in [0.15, 0.2) is 42.7 Å². The Hall–Kier alpha value is -2.89. The summed E-state index contributed by atoms with van der Waals surface area (Å²) in [5, 5.41) is 15.0. The van der Waals surface area contributed by atoms with E-state index in [1.165, 1.54) is 0 Å². The monoisotopic (exact) mass is 256 g/mol. The minimum absolute atomic E-state index is 0.250. The Balaban J connectivity index is 0.000000408. The number of nitrogen functional groups attached to an aromatic ring is 1. The molecule has 2 heterocycles. The third-order valence-corrected chi connectivity index (χ3v) is 2.58. The predicted octanol–water partition coefficient (Wildman–Crippen LogP) is 1.91. The lowest BCUT2D eigenvalue weighted by Crippen LogP contribution is -1.89. The number of rotatable bonds is 1. The fraction of sp³-hybridized carbons (Fsp3) is 0. The Labute approximate surface area is 108 Å². The van der Waals surface area contributed by atoms with Gasteiger partial charge in [-0.1, -0.05) is 12.1 Å². The fourth-order valence-electron chi connectivity index (χ4n) is 1.78. The van der Waals surface area contributed by atoms with Gasteiger partial charge in [0.1, 0.15) is 5.82 Å². The second-order valence-corrected chi connectivity index (χ2v) is 3.71. The molecule has 19 heavy (non-hydrogen) atoms. The summed E-state index contributed by atoms with van der Waals surface area (Å²) in [5.41, 5.74) is 8.74. The number of hydrogen-bond donors (Lipinski definition) is 3. The van der Waals surface area contributed by atoms with Crippen molar-refractivity contribution in [2.24, 2.45) is 0 Å². The first-order valence-electron chi connectivity index (χ1n) is 5.48. The summed E-state index contributed by atoms with van der Waals surface area (Å²) in [5.74, 6) is 0.531. The molecule has 6 nitrogen and oxygen atoms in total. The maximum atomic E-state index is 8.36. The van der Waals surface area contributed by atoms with Gasteiger partial charge in [-0.3, -0.25) is 9.89 Å². The molecule has 3 aromatic rings. The molecule has 0 fully saturated rings. The highest BCUT2D eigenvalue weighted by atomic mass is 16.3. The molecule has 4 N–H and O–H groups in total. The highest BCUT2D eigenvalue weighted by molar-refractivity contribution is 5.94. The van der Waals surface area contributed by atoms with Gasteiger partial charge in [-0.2, -0.15) is 5.10 Å². The van der Waals surface area contributed by atoms with Crippen LogP contribution in [0.25, 0.3) is 22.0 Å². The van der Waals surface area contributed by atoms with Crippen LogP contribution in [0.4, 0.5) is 5.82 Å². The smallest absolute Gasteiger partial charge is 0.290 e. The first-order valence-corrected chi connectivity index (χ1v) is 5.48. The van der Waals surface area contributed by atoms with Crippen molar-refractivity contribution in [2.45, 2.75) is 0 Å². The molecule has 2 aromatic heterocycles. The number of pyridine rings is 1. The van der Waals surface area contributed by atoms with Crippen LogP contribution >= 0.6 is 0 Å². The summed E-state index contributed by atoms with van der Waals surface area (Å²) in [6.07, 6.45) is 3.60. The summed E-state index contributed by atoms with van der Waals surface area (Å²) >= 11 is 0. The molecule has 0 atom stereocenters. The number of nitrogens with zero attached hydrogens (tertiary/aromatic N) is 2. The van der Waals surface area contributed by atoms with Crippen LogP contribution in [0.3, 0.4) is 0 Å². The molecular formula is C13H12N4O2. The lowest BCUT2D eigenvalue weighted by molar-refractivity contribution is -0.122. The molecule has 96 valence electrons. The number of nitrogens with two attached hydrogens (primary N) is 1. The Bertz CT molecular complexity index is 676. The standard InChI is InChI=1S/C12H10N4.CH2O2/c13-12-5-4-8(6-14-12)9-2-1-3-11-10(9)7-15-16-11;2-1-3/h1-7H,(H2,13,14)(H,15,16);1H,(H,2,3). The molecule has 6 heteroatoms. The molecule has 0 spiro atoms. The van der Waals surface area contributed by atoms with E-state index >= 15 is 0 Å². The molecule has 0 aliphatic carbocycles. The number of fused-ring (bicyclic) bond motifs is 1. The van der Waals surface area contributed by atoms with Crippen LogP contribution < -0.4 is 5.73 Å². The number of carbonyl (C=O) groups is 1. The van der Waals surface area contributed by atoms with E-state index in [0.29, 0.717) is 5.82 Å². The predicted molar refractivity (Wildman–Crippen MR) is 72.4 cm³/mol. The minimum Gasteiger partial charge on any atom is -0.483 e. The Morgan fingerprint density at radius 1 is 1.21 bits per heavy atom. The quantitative estimate of drug-likeness (QED) is 0.577. The van der Waals surface area contributed by atoms with Crippen molar-refractivity contribution in [1.29, 1.82) is 0 Å². The van der Waals surface area contributed by atoms with Gasteiger partial charge in [0.05, 0.1) is 11.7 Å². The van der Waals surface area contributed by atoms with Gasteiger partial charge in [-0.05, 0) is 23.8 Å². The van der Waals surface area contributed by atoms with Crippen LogP contribution in [-0.4, -0.2) is 26.8 Å². The topological polar surface area (TPSA) is 105 Å². The zero-order valence-corrected chi connectivity index (χ0v) is 9.95. The SMILES string of the molecule is Nc1ccc(-c2cccc3[nH]ncc23)cn1.O=CO. The van der Waals surface area contributed by atoms with E-state index in [2.05, 4.69) is 15.2 Å². The Morgan fingerprint density at radius 3 is 2.68 bits per heavy atom. The van der Waals surface area contributed by atoms with Crippen molar-refractivity contribution in [2.75, 3.05) is 5.73 Å². The molecule has 0 saturated carbocycles. The van der Waals surface area contributed by atoms with Gasteiger partial charge in [0.15, 0.2) is 0 Å². The van der Waals surface area contributed by atoms with Gasteiger partial charge in [0.25, 0.3) is 6.47 Å². The Morgan fingerprint density at radius 2 is 2.00 bits per heavy atom. The van der Waals surface area contributed by atoms with Crippen LogP contribution in [0.2, 0.25) is 0 Å². The molecule has 0 unspecified atom stereocenters. The zero-order valence-electron chi connectivity index (χ0n) is 9.95. The number of nitrogens with one attached hydrogen (secondary N) is 1. The first-order chi connectivity index (χ1) is 9.26. The highest BCUT2D eigenvalue weighted by Crippen LogP contribution is 2.26. The zero-order chi connectivity index (χ0) is 13.7. The summed E-state index contributed by atoms with van der Waals surface area (Å²) in [6, 6.07) is 9.80. The van der Waals surface area contributed by atoms with E-state index in [1.54, 1.807) is 12.3 Å². The molecule has 1 aromatic carbocycles. The average molecular weight is 256 g/mol. The van der Waals surface area contributed by atoms with Gasteiger partial charge in [-0.15, -0.1) is 0 Å². The Kier molecular flexibility index (Phi) is 3.72. The number of aromatic nitrogens is 3. The summed E-state index contributed by atoms with van der Waals surface area (Å²) in [7, 11) is 0. The third-order valence-electron chi connectivity index (χ3n) is 2.58. The number of hydrogen-bond acceptors (Lipinski definition) is 4. The van der Waals surface area contributed by atoms with E-state index in [1.807, 2.05) is 30.5 Å². The number of carboxylic acid groups (broad SMARTS) is 1. The highest BCUT2D eigenvalue weighted by Gasteiger charge is 2.04. The van der Waals surface area contributed by atoms with Gasteiger partial charge in [0, 0.05) is 17.1 Å². The largest absolute Gasteiger partial charge is 0.483 e. The van der Waals surface area contributed by atoms with Gasteiger partial charge in [-0.25, -0.2) is 4.98 Å². The molecule has 0 aliphatic rings. The average Bonchev–Trinajstić information content (AvgIpc) is 2.89. The van der Waals surface area contributed by atoms with E-state index in [4.69, 9.17) is 15.6 Å². The number of benzene rings is 1. The normalized spacial score (nSPS) is 9.68. The van der Waals surface area contributed by atoms with E-state index in [0.717, 1.165) is 22.0 Å². The van der Waals surface area contributed by atoms with Crippen LogP contribution in [0.1, 0.15) is 0 Å². The lowest BCUT2D eigenvalue weighted by atomic mass is 10.0. The molecule has 0 aliphatic heterocycles. The van der Waals surface area contributed by atoms with Crippen molar-refractivity contribution in [3.05, 3.63) is 42.7 Å². The van der Waals surface area contributed by atoms with Gasteiger partial charge < -0.3 is 10.8 Å². The van der Waals surface area contributed by atoms with Crippen molar-refractivity contribution in [1.82, 2.24) is 15.2 Å². The van der Waals surface area contributed by atoms with Crippen molar-refractivity contribution < 1.29 is 9.90 Å². The molecule has 0 saturated heterocycles. The number of aromatic amines is 1. The fourth-order valence-corrected chi connectivity index (χ4v) is 1.78. The number of H-pyrrole nitrogens is 1. The van der Waals surface area contributed by atoms with Crippen molar-refractivity contribution in [3.63, 3.8) is 0 Å². The maximum absolute atomic E-state index is 8.36. The van der Waals surface area contributed by atoms with Gasteiger partial charge >= 0.3 is 0 Å². The summed E-state index contributed by atoms with van der Waals surface area (Å²) in [6.45, 7) is -0.250. The van der Waals surface area contributed by atoms with Crippen LogP contribution in [-0.2, 0) is 4.79 Å². The van der Waals surface area contributed by atoms with Crippen LogP contribution in [0, 0.1) is 0 Å². The number of anilines is 1. The molecule has 3 rings (SSSR count). The van der Waals surface area contributed by atoms with E-state index < -0.39 is 0 Å². The molecule has 0 bridgehead atoms. The summed E-state index contributed by atoms with van der Waals surface area (Å²) in [4.78, 5) is 12.5. The molecule has 0 amide bonds. The van der Waals surface area contributed by atoms with Gasteiger partial charge in [0.2, 0.25) is 0 Å². The van der Waals surface area contributed by atoms with E-state index in [9.17, 15) is 0 Å². The lowest BCUT2D eigenvalue weighted by Gasteiger charge is -2.02. The second kappa shape index (κ2) is 5.63. The van der Waals surface area contributed by atoms with E-state index in [-0.39, 0.29) is 6.47 Å². The first kappa shape index (κ1) is 12.6.